The van der Waals surface area contributed by atoms with Gasteiger partial charge in [-0.05, 0) is 53.3 Å². The highest BCUT2D eigenvalue weighted by Crippen LogP contribution is 2.48. The molecule has 3 aromatic carbocycles. The summed E-state index contributed by atoms with van der Waals surface area (Å²) in [5, 5.41) is 3.06. The van der Waals surface area contributed by atoms with Gasteiger partial charge in [-0.1, -0.05) is 54.6 Å². The van der Waals surface area contributed by atoms with Crippen molar-refractivity contribution in [2.45, 2.75) is 31.6 Å². The van der Waals surface area contributed by atoms with Gasteiger partial charge in [-0.3, -0.25) is 9.69 Å². The molecular formula is C29H30F3N3O. The molecule has 0 aromatic heterocycles. The third-order valence-electron chi connectivity index (χ3n) is 7.25. The van der Waals surface area contributed by atoms with Crippen molar-refractivity contribution in [1.82, 2.24) is 10.2 Å². The maximum atomic E-state index is 12.8. The number of halogens is 3. The minimum atomic E-state index is -4.35. The van der Waals surface area contributed by atoms with Crippen LogP contribution >= 0.6 is 0 Å². The second-order valence-electron chi connectivity index (χ2n) is 9.65. The molecular weight excluding hydrogens is 463 g/mol. The Morgan fingerprint density at radius 3 is 2.14 bits per heavy atom. The topological polar surface area (TPSA) is 35.6 Å². The van der Waals surface area contributed by atoms with Gasteiger partial charge < -0.3 is 10.2 Å². The Kier molecular flexibility index (Phi) is 7.01. The van der Waals surface area contributed by atoms with E-state index in [1.54, 1.807) is 0 Å². The molecule has 0 radical (unpaired) electrons. The van der Waals surface area contributed by atoms with Gasteiger partial charge >= 0.3 is 6.18 Å². The summed E-state index contributed by atoms with van der Waals surface area (Å²) in [5.41, 5.74) is 3.70. The summed E-state index contributed by atoms with van der Waals surface area (Å²) in [6, 6.07) is 23.8. The van der Waals surface area contributed by atoms with E-state index in [1.807, 2.05) is 18.2 Å². The lowest BCUT2D eigenvalue weighted by Gasteiger charge is -2.36. The molecule has 5 rings (SSSR count). The van der Waals surface area contributed by atoms with Crippen molar-refractivity contribution in [2.75, 3.05) is 31.1 Å². The van der Waals surface area contributed by atoms with Crippen molar-refractivity contribution in [3.8, 4) is 0 Å². The number of hydrogen-bond acceptors (Lipinski definition) is 3. The van der Waals surface area contributed by atoms with Crippen LogP contribution in [-0.2, 0) is 24.1 Å². The van der Waals surface area contributed by atoms with E-state index in [-0.39, 0.29) is 17.7 Å². The number of alkyl halides is 3. The second kappa shape index (κ2) is 10.3. The van der Waals surface area contributed by atoms with Gasteiger partial charge in [0.15, 0.2) is 0 Å². The molecule has 2 aliphatic rings. The fourth-order valence-corrected chi connectivity index (χ4v) is 5.01. The Morgan fingerprint density at radius 1 is 0.833 bits per heavy atom. The average molecular weight is 494 g/mol. The van der Waals surface area contributed by atoms with Crippen molar-refractivity contribution in [3.63, 3.8) is 0 Å². The molecule has 0 bridgehead atoms. The van der Waals surface area contributed by atoms with Crippen molar-refractivity contribution in [1.29, 1.82) is 0 Å². The Bertz CT molecular complexity index is 1170. The van der Waals surface area contributed by atoms with E-state index < -0.39 is 11.7 Å². The molecule has 0 spiro atoms. The molecule has 1 saturated carbocycles. The van der Waals surface area contributed by atoms with Crippen LogP contribution in [-0.4, -0.2) is 37.0 Å². The number of nitrogens with one attached hydrogen (secondary N) is 1. The third-order valence-corrected chi connectivity index (χ3v) is 7.25. The SMILES string of the molecule is O=C(NCc1ccccc1CN1CCN(c2ccccc2)CC1)C1CC1c1ccc(C(F)(F)F)cc1. The van der Waals surface area contributed by atoms with Crippen molar-refractivity contribution in [3.05, 3.63) is 101 Å². The Labute approximate surface area is 209 Å². The first-order valence-electron chi connectivity index (χ1n) is 12.4. The number of nitrogens with zero attached hydrogens (tertiary/aromatic N) is 2. The molecule has 2 fully saturated rings. The van der Waals surface area contributed by atoms with Crippen LogP contribution in [0.5, 0.6) is 0 Å². The Hall–Kier alpha value is -3.32. The summed E-state index contributed by atoms with van der Waals surface area (Å²) in [5.74, 6) is -0.227. The van der Waals surface area contributed by atoms with Gasteiger partial charge in [0.25, 0.3) is 0 Å². The number of hydrogen-bond donors (Lipinski definition) is 1. The molecule has 2 unspecified atom stereocenters. The average Bonchev–Trinajstić information content (AvgIpc) is 3.70. The molecule has 7 heteroatoms. The quantitative estimate of drug-likeness (QED) is 0.476. The van der Waals surface area contributed by atoms with Gasteiger partial charge in [0.2, 0.25) is 5.91 Å². The molecule has 4 nitrogen and oxygen atoms in total. The highest BCUT2D eigenvalue weighted by molar-refractivity contribution is 5.82. The van der Waals surface area contributed by atoms with Gasteiger partial charge in [0.05, 0.1) is 5.56 Å². The summed E-state index contributed by atoms with van der Waals surface area (Å²) in [4.78, 5) is 17.6. The highest BCUT2D eigenvalue weighted by Gasteiger charge is 2.44. The van der Waals surface area contributed by atoms with Crippen LogP contribution in [0.15, 0.2) is 78.9 Å². The van der Waals surface area contributed by atoms with Crippen LogP contribution in [0.3, 0.4) is 0 Å². The number of carbonyl (C=O) groups excluding carboxylic acids is 1. The fourth-order valence-electron chi connectivity index (χ4n) is 5.01. The van der Waals surface area contributed by atoms with Crippen LogP contribution in [0.25, 0.3) is 0 Å². The molecule has 1 aliphatic carbocycles. The molecule has 1 N–H and O–H groups in total. The van der Waals surface area contributed by atoms with E-state index in [9.17, 15) is 18.0 Å². The van der Waals surface area contributed by atoms with E-state index in [1.165, 1.54) is 23.4 Å². The summed E-state index contributed by atoms with van der Waals surface area (Å²) in [6.07, 6.45) is -3.67. The number of amides is 1. The predicted molar refractivity (Wildman–Crippen MR) is 135 cm³/mol. The fraction of sp³-hybridized carbons (Fsp3) is 0.345. The van der Waals surface area contributed by atoms with Gasteiger partial charge in [-0.2, -0.15) is 13.2 Å². The number of anilines is 1. The molecule has 1 amide bonds. The Morgan fingerprint density at radius 2 is 1.47 bits per heavy atom. The minimum absolute atomic E-state index is 0.0107. The molecule has 1 aliphatic heterocycles. The van der Waals surface area contributed by atoms with Gasteiger partial charge in [-0.25, -0.2) is 0 Å². The van der Waals surface area contributed by atoms with E-state index in [2.05, 4.69) is 51.5 Å². The van der Waals surface area contributed by atoms with Crippen molar-refractivity contribution in [2.24, 2.45) is 5.92 Å². The van der Waals surface area contributed by atoms with E-state index in [4.69, 9.17) is 0 Å². The first-order valence-corrected chi connectivity index (χ1v) is 12.4. The smallest absolute Gasteiger partial charge is 0.369 e. The second-order valence-corrected chi connectivity index (χ2v) is 9.65. The van der Waals surface area contributed by atoms with E-state index >= 15 is 0 Å². The van der Waals surface area contributed by atoms with Crippen LogP contribution in [0.1, 0.15) is 34.6 Å². The molecule has 2 atom stereocenters. The predicted octanol–water partition coefficient (Wildman–Crippen LogP) is 5.45. The lowest BCUT2D eigenvalue weighted by atomic mass is 10.1. The Balaban J connectivity index is 1.12. The van der Waals surface area contributed by atoms with Crippen molar-refractivity contribution >= 4 is 11.6 Å². The molecule has 3 aromatic rings. The highest BCUT2D eigenvalue weighted by atomic mass is 19.4. The number of benzene rings is 3. The zero-order chi connectivity index (χ0) is 25.1. The maximum absolute atomic E-state index is 12.8. The van der Waals surface area contributed by atoms with E-state index in [0.717, 1.165) is 56.0 Å². The van der Waals surface area contributed by atoms with Crippen LogP contribution in [0.2, 0.25) is 0 Å². The number of carbonyl (C=O) groups is 1. The van der Waals surface area contributed by atoms with Gasteiger partial charge in [0, 0.05) is 50.9 Å². The number of piperazine rings is 1. The molecule has 36 heavy (non-hydrogen) atoms. The molecule has 188 valence electrons. The van der Waals surface area contributed by atoms with Gasteiger partial charge in [-0.15, -0.1) is 0 Å². The number of rotatable bonds is 7. The molecule has 1 heterocycles. The summed E-state index contributed by atoms with van der Waals surface area (Å²) in [6.45, 7) is 5.21. The van der Waals surface area contributed by atoms with Crippen molar-refractivity contribution < 1.29 is 18.0 Å². The molecule has 1 saturated heterocycles. The number of para-hydroxylation sites is 1. The standard InChI is InChI=1S/C29H30F3N3O/c30-29(31,32)24-12-10-21(11-13-24)26-18-27(26)28(36)33-19-22-6-4-5-7-23(22)20-34-14-16-35(17-15-34)25-8-2-1-3-9-25/h1-13,26-27H,14-20H2,(H,33,36). The first kappa shape index (κ1) is 24.4. The monoisotopic (exact) mass is 493 g/mol. The summed E-state index contributed by atoms with van der Waals surface area (Å²) >= 11 is 0. The third kappa shape index (κ3) is 5.73. The summed E-state index contributed by atoms with van der Waals surface area (Å²) < 4.78 is 38.4. The van der Waals surface area contributed by atoms with Crippen LogP contribution in [0, 0.1) is 5.92 Å². The van der Waals surface area contributed by atoms with E-state index in [0.29, 0.717) is 13.0 Å². The van der Waals surface area contributed by atoms with Crippen LogP contribution in [0.4, 0.5) is 18.9 Å². The van der Waals surface area contributed by atoms with Crippen LogP contribution < -0.4 is 10.2 Å². The normalized spacial score (nSPS) is 20.2. The minimum Gasteiger partial charge on any atom is -0.369 e. The zero-order valence-corrected chi connectivity index (χ0v) is 20.0. The summed E-state index contributed by atoms with van der Waals surface area (Å²) in [7, 11) is 0. The zero-order valence-electron chi connectivity index (χ0n) is 20.0. The first-order chi connectivity index (χ1) is 17.4. The lowest BCUT2D eigenvalue weighted by Crippen LogP contribution is -2.46. The maximum Gasteiger partial charge on any atom is 0.416 e. The van der Waals surface area contributed by atoms with Gasteiger partial charge in [0.1, 0.15) is 0 Å². The lowest BCUT2D eigenvalue weighted by molar-refractivity contribution is -0.137. The largest absolute Gasteiger partial charge is 0.416 e.